The molecule has 0 saturated carbocycles. The Morgan fingerprint density at radius 2 is 1.93 bits per heavy atom. The zero-order valence-corrected chi connectivity index (χ0v) is 15.1. The summed E-state index contributed by atoms with van der Waals surface area (Å²) < 4.78 is 77.3. The van der Waals surface area contributed by atoms with Gasteiger partial charge in [-0.15, -0.1) is 0 Å². The summed E-state index contributed by atoms with van der Waals surface area (Å²) in [5.41, 5.74) is -1.62. The van der Waals surface area contributed by atoms with E-state index in [1.54, 1.807) is 12.1 Å². The highest BCUT2D eigenvalue weighted by Gasteiger charge is 2.34. The van der Waals surface area contributed by atoms with Crippen molar-refractivity contribution in [2.45, 2.75) is 17.9 Å². The molecule has 0 aliphatic heterocycles. The number of nitrogens with one attached hydrogen (secondary N) is 1. The van der Waals surface area contributed by atoms with Crippen LogP contribution in [-0.4, -0.2) is 30.0 Å². The van der Waals surface area contributed by atoms with Gasteiger partial charge in [0.25, 0.3) is 5.91 Å². The van der Waals surface area contributed by atoms with Gasteiger partial charge in [-0.1, -0.05) is 12.1 Å². The summed E-state index contributed by atoms with van der Waals surface area (Å²) in [6.45, 7) is -0.548. The minimum Gasteiger partial charge on any atom is -0.347 e. The fourth-order valence-electron chi connectivity index (χ4n) is 2.66. The smallest absolute Gasteiger partial charge is 0.347 e. The molecule has 0 spiro atoms. The minimum atomic E-state index is -4.80. The van der Waals surface area contributed by atoms with Crippen molar-refractivity contribution in [2.75, 3.05) is 6.26 Å². The summed E-state index contributed by atoms with van der Waals surface area (Å²) in [6, 6.07) is 6.67. The second-order valence-corrected chi connectivity index (χ2v) is 7.86. The standard InChI is InChI=1S/C17H13F4N3O3S/c1-28(26,27)16-23-14(13-4-2-3-7-24(13)16)15(25)22-9-10-5-6-11(18)8-12(10)17(19,20)21/h2-8H,9H2,1H3,(H,22,25). The van der Waals surface area contributed by atoms with E-state index in [0.717, 1.165) is 18.4 Å². The average Bonchev–Trinajstić information content (AvgIpc) is 2.99. The molecule has 148 valence electrons. The molecule has 0 fully saturated rings. The molecule has 0 unspecified atom stereocenters. The number of pyridine rings is 1. The molecular formula is C17H13F4N3O3S. The molecule has 3 aromatic rings. The maximum Gasteiger partial charge on any atom is 0.416 e. The Kier molecular flexibility index (Phi) is 4.88. The number of imidazole rings is 1. The molecule has 2 heterocycles. The maximum absolute atomic E-state index is 13.2. The van der Waals surface area contributed by atoms with E-state index in [-0.39, 0.29) is 21.9 Å². The summed E-state index contributed by atoms with van der Waals surface area (Å²) in [5, 5.41) is 1.90. The first kappa shape index (κ1) is 19.8. The van der Waals surface area contributed by atoms with Crippen LogP contribution in [-0.2, 0) is 22.6 Å². The van der Waals surface area contributed by atoms with Crippen LogP contribution < -0.4 is 5.32 Å². The van der Waals surface area contributed by atoms with Gasteiger partial charge >= 0.3 is 6.18 Å². The molecule has 0 saturated heterocycles. The Morgan fingerprint density at radius 3 is 2.57 bits per heavy atom. The van der Waals surface area contributed by atoms with Crippen LogP contribution >= 0.6 is 0 Å². The number of carbonyl (C=O) groups excluding carboxylic acids is 1. The lowest BCUT2D eigenvalue weighted by Gasteiger charge is -2.13. The van der Waals surface area contributed by atoms with Crippen molar-refractivity contribution >= 4 is 21.3 Å². The fourth-order valence-corrected chi connectivity index (χ4v) is 3.44. The molecule has 2 aromatic heterocycles. The van der Waals surface area contributed by atoms with Crippen LogP contribution in [0.4, 0.5) is 17.6 Å². The maximum atomic E-state index is 13.2. The molecule has 3 rings (SSSR count). The minimum absolute atomic E-state index is 0.176. The lowest BCUT2D eigenvalue weighted by molar-refractivity contribution is -0.138. The number of benzene rings is 1. The van der Waals surface area contributed by atoms with Gasteiger partial charge in [0.2, 0.25) is 15.0 Å². The summed E-state index contributed by atoms with van der Waals surface area (Å²) in [7, 11) is -3.76. The van der Waals surface area contributed by atoms with E-state index in [2.05, 4.69) is 10.3 Å². The first-order valence-electron chi connectivity index (χ1n) is 7.79. The first-order valence-corrected chi connectivity index (χ1v) is 9.68. The molecule has 0 bridgehead atoms. The molecule has 0 aliphatic carbocycles. The predicted molar refractivity (Wildman–Crippen MR) is 90.9 cm³/mol. The van der Waals surface area contributed by atoms with Gasteiger partial charge in [0.05, 0.1) is 11.1 Å². The number of nitrogens with zero attached hydrogens (tertiary/aromatic N) is 2. The summed E-state index contributed by atoms with van der Waals surface area (Å²) >= 11 is 0. The number of sulfone groups is 1. The fraction of sp³-hybridized carbons (Fsp3) is 0.176. The second kappa shape index (κ2) is 6.89. The monoisotopic (exact) mass is 415 g/mol. The van der Waals surface area contributed by atoms with Gasteiger partial charge in [-0.2, -0.15) is 13.2 Å². The van der Waals surface area contributed by atoms with Gasteiger partial charge in [-0.25, -0.2) is 17.8 Å². The van der Waals surface area contributed by atoms with Gasteiger partial charge in [0.1, 0.15) is 5.82 Å². The highest BCUT2D eigenvalue weighted by atomic mass is 32.2. The summed E-state index contributed by atoms with van der Waals surface area (Å²) in [4.78, 5) is 16.3. The lowest BCUT2D eigenvalue weighted by atomic mass is 10.1. The van der Waals surface area contributed by atoms with Crippen molar-refractivity contribution in [3.8, 4) is 0 Å². The molecule has 1 aromatic carbocycles. The van der Waals surface area contributed by atoms with E-state index in [0.29, 0.717) is 6.07 Å². The molecule has 0 aliphatic rings. The van der Waals surface area contributed by atoms with Crippen LogP contribution in [0.15, 0.2) is 47.8 Å². The summed E-state index contributed by atoms with van der Waals surface area (Å²) in [5.74, 6) is -1.92. The van der Waals surface area contributed by atoms with Crippen LogP contribution in [0.2, 0.25) is 0 Å². The molecule has 0 atom stereocenters. The van der Waals surface area contributed by atoms with Crippen LogP contribution in [0.1, 0.15) is 21.6 Å². The van der Waals surface area contributed by atoms with E-state index in [1.807, 2.05) is 0 Å². The molecule has 28 heavy (non-hydrogen) atoms. The van der Waals surface area contributed by atoms with Crippen molar-refractivity contribution in [1.29, 1.82) is 0 Å². The third-order valence-corrected chi connectivity index (χ3v) is 4.83. The van der Waals surface area contributed by atoms with E-state index in [9.17, 15) is 30.8 Å². The van der Waals surface area contributed by atoms with Crippen molar-refractivity contribution < 1.29 is 30.8 Å². The highest BCUT2D eigenvalue weighted by Crippen LogP contribution is 2.32. The number of carbonyl (C=O) groups is 1. The zero-order chi connectivity index (χ0) is 20.7. The zero-order valence-electron chi connectivity index (χ0n) is 14.3. The lowest BCUT2D eigenvalue weighted by Crippen LogP contribution is -2.25. The molecule has 6 nitrogen and oxygen atoms in total. The largest absolute Gasteiger partial charge is 0.416 e. The van der Waals surface area contributed by atoms with Crippen LogP contribution in [0, 0.1) is 5.82 Å². The van der Waals surface area contributed by atoms with Crippen molar-refractivity contribution in [1.82, 2.24) is 14.7 Å². The Hall–Kier alpha value is -2.95. The number of hydrogen-bond donors (Lipinski definition) is 1. The van der Waals surface area contributed by atoms with Crippen LogP contribution in [0.25, 0.3) is 5.52 Å². The van der Waals surface area contributed by atoms with Gasteiger partial charge in [-0.05, 0) is 29.8 Å². The van der Waals surface area contributed by atoms with E-state index < -0.39 is 39.8 Å². The number of hydrogen-bond acceptors (Lipinski definition) is 4. The molecule has 1 N–H and O–H groups in total. The normalized spacial score (nSPS) is 12.3. The Morgan fingerprint density at radius 1 is 1.21 bits per heavy atom. The van der Waals surface area contributed by atoms with Crippen LogP contribution in [0.3, 0.4) is 0 Å². The average molecular weight is 415 g/mol. The number of rotatable bonds is 4. The Labute approximate surface area is 156 Å². The third-order valence-electron chi connectivity index (χ3n) is 3.88. The van der Waals surface area contributed by atoms with E-state index >= 15 is 0 Å². The summed E-state index contributed by atoms with van der Waals surface area (Å²) in [6.07, 6.45) is -2.48. The van der Waals surface area contributed by atoms with Crippen molar-refractivity contribution in [3.05, 3.63) is 65.2 Å². The molecule has 11 heteroatoms. The second-order valence-electron chi connectivity index (χ2n) is 5.95. The van der Waals surface area contributed by atoms with E-state index in [4.69, 9.17) is 0 Å². The molecular weight excluding hydrogens is 402 g/mol. The predicted octanol–water partition coefficient (Wildman–Crippen LogP) is 2.83. The van der Waals surface area contributed by atoms with Crippen LogP contribution in [0.5, 0.6) is 0 Å². The van der Waals surface area contributed by atoms with Gasteiger partial charge in [0, 0.05) is 19.0 Å². The third kappa shape index (κ3) is 3.84. The van der Waals surface area contributed by atoms with Gasteiger partial charge in [0.15, 0.2) is 5.69 Å². The topological polar surface area (TPSA) is 80.5 Å². The quantitative estimate of drug-likeness (QED) is 0.665. The number of fused-ring (bicyclic) bond motifs is 1. The number of halogens is 4. The van der Waals surface area contributed by atoms with E-state index in [1.165, 1.54) is 16.7 Å². The van der Waals surface area contributed by atoms with Crippen molar-refractivity contribution in [3.63, 3.8) is 0 Å². The number of alkyl halides is 3. The number of aromatic nitrogens is 2. The highest BCUT2D eigenvalue weighted by molar-refractivity contribution is 7.90. The first-order chi connectivity index (χ1) is 13.0. The molecule has 1 amide bonds. The number of amides is 1. The SMILES string of the molecule is CS(=O)(=O)c1nc(C(=O)NCc2ccc(F)cc2C(F)(F)F)c2ccccn12. The van der Waals surface area contributed by atoms with Gasteiger partial charge < -0.3 is 5.32 Å². The Balaban J connectivity index is 1.94. The molecule has 0 radical (unpaired) electrons. The van der Waals surface area contributed by atoms with Crippen molar-refractivity contribution in [2.24, 2.45) is 0 Å². The Bertz CT molecular complexity index is 1170. The van der Waals surface area contributed by atoms with Gasteiger partial charge in [-0.3, -0.25) is 9.20 Å².